The average Bonchev–Trinajstić information content (AvgIpc) is 3.44. The molecule has 1 atom stereocenters. The van der Waals surface area contributed by atoms with Gasteiger partial charge in [-0.05, 0) is 43.4 Å². The van der Waals surface area contributed by atoms with Crippen LogP contribution in [-0.2, 0) is 15.0 Å². The number of hydrogen-bond acceptors (Lipinski definition) is 3. The van der Waals surface area contributed by atoms with E-state index in [1.165, 1.54) is 0 Å². The molecule has 1 unspecified atom stereocenters. The standard InChI is InChI=1S/C19H24ClN3O2/c20-15-5-3-14(4-6-15)19(7-8-19)18(25)22-10-1-2-16(13-22)23-11-9-21-12-17(23)24/h3-6,16,21H,1-2,7-13H2. The van der Waals surface area contributed by atoms with E-state index in [4.69, 9.17) is 11.6 Å². The summed E-state index contributed by atoms with van der Waals surface area (Å²) in [6.07, 6.45) is 3.76. The van der Waals surface area contributed by atoms with Crippen molar-refractivity contribution < 1.29 is 9.59 Å². The zero-order valence-corrected chi connectivity index (χ0v) is 15.1. The van der Waals surface area contributed by atoms with Crippen molar-refractivity contribution in [2.24, 2.45) is 0 Å². The summed E-state index contributed by atoms with van der Waals surface area (Å²) in [6, 6.07) is 7.85. The van der Waals surface area contributed by atoms with Crippen molar-refractivity contribution >= 4 is 23.4 Å². The zero-order chi connectivity index (χ0) is 17.4. The predicted octanol–water partition coefficient (Wildman–Crippen LogP) is 1.79. The highest BCUT2D eigenvalue weighted by molar-refractivity contribution is 6.30. The minimum atomic E-state index is -0.361. The first-order chi connectivity index (χ1) is 12.1. The van der Waals surface area contributed by atoms with Gasteiger partial charge in [0, 0.05) is 37.2 Å². The van der Waals surface area contributed by atoms with Crippen LogP contribution in [0, 0.1) is 0 Å². The van der Waals surface area contributed by atoms with E-state index in [-0.39, 0.29) is 23.3 Å². The van der Waals surface area contributed by atoms with Crippen molar-refractivity contribution in [1.82, 2.24) is 15.1 Å². The molecule has 1 N–H and O–H groups in total. The first-order valence-electron chi connectivity index (χ1n) is 9.16. The second-order valence-electron chi connectivity index (χ2n) is 7.40. The maximum atomic E-state index is 13.3. The molecule has 0 bridgehead atoms. The molecule has 5 nitrogen and oxygen atoms in total. The second-order valence-corrected chi connectivity index (χ2v) is 7.84. The monoisotopic (exact) mass is 361 g/mol. The van der Waals surface area contributed by atoms with Crippen molar-refractivity contribution in [3.63, 3.8) is 0 Å². The Morgan fingerprint density at radius 1 is 1.20 bits per heavy atom. The first kappa shape index (κ1) is 16.9. The molecule has 2 heterocycles. The summed E-state index contributed by atoms with van der Waals surface area (Å²) in [6.45, 7) is 3.46. The molecule has 134 valence electrons. The molecule has 1 saturated carbocycles. The van der Waals surface area contributed by atoms with Gasteiger partial charge in [0.15, 0.2) is 0 Å². The van der Waals surface area contributed by atoms with Crippen molar-refractivity contribution in [3.05, 3.63) is 34.9 Å². The fraction of sp³-hybridized carbons (Fsp3) is 0.579. The van der Waals surface area contributed by atoms with Crippen LogP contribution in [0.1, 0.15) is 31.2 Å². The van der Waals surface area contributed by atoms with Crippen LogP contribution in [0.2, 0.25) is 5.02 Å². The zero-order valence-electron chi connectivity index (χ0n) is 14.3. The van der Waals surface area contributed by atoms with Gasteiger partial charge in [0.2, 0.25) is 11.8 Å². The smallest absolute Gasteiger partial charge is 0.236 e. The SMILES string of the molecule is O=C1CNCCN1C1CCCN(C(=O)C2(c3ccc(Cl)cc3)CC2)C1. The van der Waals surface area contributed by atoms with Crippen LogP contribution in [0.4, 0.5) is 0 Å². The van der Waals surface area contributed by atoms with E-state index < -0.39 is 0 Å². The fourth-order valence-electron chi connectivity index (χ4n) is 4.22. The van der Waals surface area contributed by atoms with Crippen LogP contribution in [0.3, 0.4) is 0 Å². The summed E-state index contributed by atoms with van der Waals surface area (Å²) in [5.74, 6) is 0.381. The molecule has 0 spiro atoms. The minimum absolute atomic E-state index is 0.157. The second kappa shape index (κ2) is 6.61. The Morgan fingerprint density at radius 3 is 2.64 bits per heavy atom. The lowest BCUT2D eigenvalue weighted by Crippen LogP contribution is -2.58. The van der Waals surface area contributed by atoms with Gasteiger partial charge in [0.1, 0.15) is 0 Å². The van der Waals surface area contributed by atoms with Gasteiger partial charge < -0.3 is 15.1 Å². The summed E-state index contributed by atoms with van der Waals surface area (Å²) in [5.41, 5.74) is 0.710. The Bertz CT molecular complexity index is 672. The van der Waals surface area contributed by atoms with E-state index >= 15 is 0 Å². The number of carbonyl (C=O) groups excluding carboxylic acids is 2. The Hall–Kier alpha value is -1.59. The third-order valence-electron chi connectivity index (χ3n) is 5.81. The molecule has 2 saturated heterocycles. The molecule has 4 rings (SSSR count). The molecule has 2 aliphatic heterocycles. The number of nitrogens with one attached hydrogen (secondary N) is 1. The van der Waals surface area contributed by atoms with E-state index in [0.29, 0.717) is 18.1 Å². The number of hydrogen-bond donors (Lipinski definition) is 1. The van der Waals surface area contributed by atoms with Gasteiger partial charge in [-0.2, -0.15) is 0 Å². The highest BCUT2D eigenvalue weighted by Crippen LogP contribution is 2.50. The van der Waals surface area contributed by atoms with Crippen LogP contribution in [0.25, 0.3) is 0 Å². The lowest BCUT2D eigenvalue weighted by molar-refractivity contribution is -0.141. The summed E-state index contributed by atoms with van der Waals surface area (Å²) in [5, 5.41) is 3.81. The number of piperidine rings is 1. The summed E-state index contributed by atoms with van der Waals surface area (Å²) < 4.78 is 0. The van der Waals surface area contributed by atoms with Crippen LogP contribution < -0.4 is 5.32 Å². The number of benzene rings is 1. The highest BCUT2D eigenvalue weighted by Gasteiger charge is 2.53. The molecule has 3 aliphatic rings. The van der Waals surface area contributed by atoms with Crippen LogP contribution in [0.15, 0.2) is 24.3 Å². The van der Waals surface area contributed by atoms with E-state index in [2.05, 4.69) is 5.32 Å². The van der Waals surface area contributed by atoms with Gasteiger partial charge in [-0.25, -0.2) is 0 Å². The Labute approximate surface area is 153 Å². The van der Waals surface area contributed by atoms with E-state index in [1.807, 2.05) is 34.1 Å². The number of rotatable bonds is 3. The van der Waals surface area contributed by atoms with Crippen molar-refractivity contribution in [2.75, 3.05) is 32.7 Å². The quantitative estimate of drug-likeness (QED) is 0.893. The molecule has 25 heavy (non-hydrogen) atoms. The largest absolute Gasteiger partial charge is 0.340 e. The lowest BCUT2D eigenvalue weighted by Gasteiger charge is -2.42. The van der Waals surface area contributed by atoms with Crippen molar-refractivity contribution in [1.29, 1.82) is 0 Å². The molecule has 1 aromatic rings. The molecule has 1 aromatic carbocycles. The molecule has 0 radical (unpaired) electrons. The van der Waals surface area contributed by atoms with E-state index in [9.17, 15) is 9.59 Å². The molecule has 6 heteroatoms. The number of amides is 2. The predicted molar refractivity (Wildman–Crippen MR) is 96.5 cm³/mol. The first-order valence-corrected chi connectivity index (χ1v) is 9.53. The maximum Gasteiger partial charge on any atom is 0.236 e. The molecule has 2 amide bonds. The molecular formula is C19H24ClN3O2. The number of carbonyl (C=O) groups is 2. The van der Waals surface area contributed by atoms with Gasteiger partial charge in [0.05, 0.1) is 12.0 Å². The molecule has 1 aliphatic carbocycles. The molecule has 0 aromatic heterocycles. The topological polar surface area (TPSA) is 52.7 Å². The highest BCUT2D eigenvalue weighted by atomic mass is 35.5. The third-order valence-corrected chi connectivity index (χ3v) is 6.06. The van der Waals surface area contributed by atoms with Gasteiger partial charge in [-0.3, -0.25) is 9.59 Å². The van der Waals surface area contributed by atoms with Crippen molar-refractivity contribution in [2.45, 2.75) is 37.1 Å². The summed E-state index contributed by atoms with van der Waals surface area (Å²) >= 11 is 5.99. The fourth-order valence-corrected chi connectivity index (χ4v) is 4.35. The summed E-state index contributed by atoms with van der Waals surface area (Å²) in [7, 11) is 0. The molecule has 3 fully saturated rings. The number of halogens is 1. The van der Waals surface area contributed by atoms with Gasteiger partial charge in [0.25, 0.3) is 0 Å². The Kier molecular flexibility index (Phi) is 4.46. The number of likely N-dealkylation sites (tertiary alicyclic amines) is 1. The van der Waals surface area contributed by atoms with Gasteiger partial charge >= 0.3 is 0 Å². The minimum Gasteiger partial charge on any atom is -0.340 e. The molecular weight excluding hydrogens is 338 g/mol. The normalized spacial score (nSPS) is 25.8. The summed E-state index contributed by atoms with van der Waals surface area (Å²) in [4.78, 5) is 29.4. The Morgan fingerprint density at radius 2 is 1.96 bits per heavy atom. The number of nitrogens with zero attached hydrogens (tertiary/aromatic N) is 2. The van der Waals surface area contributed by atoms with Crippen molar-refractivity contribution in [3.8, 4) is 0 Å². The van der Waals surface area contributed by atoms with Gasteiger partial charge in [-0.1, -0.05) is 23.7 Å². The Balaban J connectivity index is 1.48. The number of piperazine rings is 1. The van der Waals surface area contributed by atoms with Crippen LogP contribution in [-0.4, -0.2) is 60.4 Å². The van der Waals surface area contributed by atoms with E-state index in [1.54, 1.807) is 0 Å². The van der Waals surface area contributed by atoms with Crippen LogP contribution in [0.5, 0.6) is 0 Å². The maximum absolute atomic E-state index is 13.3. The van der Waals surface area contributed by atoms with E-state index in [0.717, 1.165) is 50.9 Å². The van der Waals surface area contributed by atoms with Crippen LogP contribution >= 0.6 is 11.6 Å². The third kappa shape index (κ3) is 3.15. The van der Waals surface area contributed by atoms with Gasteiger partial charge in [-0.15, -0.1) is 0 Å². The average molecular weight is 362 g/mol. The lowest BCUT2D eigenvalue weighted by atomic mass is 9.92.